The van der Waals surface area contributed by atoms with Gasteiger partial charge in [0.15, 0.2) is 0 Å². The third kappa shape index (κ3) is 52.5. The molecule has 1 unspecified atom stereocenters. The number of unbranched alkanes of at least 4 members (excludes halogenated alkanes) is 24. The molecule has 0 rings (SSSR count). The van der Waals surface area contributed by atoms with Gasteiger partial charge in [-0.05, 0) is 71.0 Å². The van der Waals surface area contributed by atoms with E-state index in [0.717, 1.165) is 63.4 Å². The van der Waals surface area contributed by atoms with Crippen molar-refractivity contribution in [3.05, 3.63) is 0 Å². The Morgan fingerprint density at radius 2 is 0.860 bits per heavy atom. The molecule has 57 heavy (non-hydrogen) atoms. The monoisotopic (exact) mass is 812 g/mol. The Kier molecular flexibility index (Phi) is 55.2. The Labute approximate surface area is 356 Å². The molecule has 0 aliphatic rings. The zero-order valence-electron chi connectivity index (χ0n) is 39.5. The molecule has 7 heteroatoms. The second kappa shape index (κ2) is 52.5. The normalized spacial score (nSPS) is 11.6. The highest BCUT2D eigenvalue weighted by molar-refractivity contribution is 5.69. The molecule has 0 spiro atoms. The van der Waals surface area contributed by atoms with Gasteiger partial charge in [-0.1, -0.05) is 201 Å². The summed E-state index contributed by atoms with van der Waals surface area (Å²) in [4.78, 5) is 33.4. The van der Waals surface area contributed by atoms with E-state index in [2.05, 4.69) is 46.7 Å². The molecule has 0 heterocycles. The minimum atomic E-state index is -0.250. The maximum atomic E-state index is 12.5. The number of hydrogen-bond acceptors (Lipinski definition) is 6. The van der Waals surface area contributed by atoms with E-state index in [-0.39, 0.29) is 18.5 Å². The van der Waals surface area contributed by atoms with Crippen LogP contribution in [0.25, 0.3) is 0 Å². The predicted octanol–water partition coefficient (Wildman–Crippen LogP) is 15.0. The SMILES string of the molecule is CCC(CC)CCCCCCCCCCCCCCCC(CCCCCCCCCCCCCCC=O)OC(=O)CCCN(C)C.CCC(CC)COC.O=CO. The van der Waals surface area contributed by atoms with E-state index in [4.69, 9.17) is 19.4 Å². The number of carboxylic acid groups (broad SMARTS) is 1. The molecule has 7 nitrogen and oxygen atoms in total. The van der Waals surface area contributed by atoms with E-state index < -0.39 is 0 Å². The lowest BCUT2D eigenvalue weighted by molar-refractivity contribution is -0.150. The van der Waals surface area contributed by atoms with Crippen LogP contribution >= 0.6 is 0 Å². The van der Waals surface area contributed by atoms with E-state index >= 15 is 0 Å². The third-order valence-electron chi connectivity index (χ3n) is 11.7. The molecule has 0 fully saturated rings. The van der Waals surface area contributed by atoms with Gasteiger partial charge in [-0.2, -0.15) is 0 Å². The van der Waals surface area contributed by atoms with Crippen molar-refractivity contribution in [1.82, 2.24) is 4.90 Å². The molecule has 0 aliphatic carbocycles. The Balaban J connectivity index is -0.00000231. The molecule has 0 amide bonds. The number of carbonyl (C=O) groups excluding carboxylic acids is 2. The van der Waals surface area contributed by atoms with Crippen molar-refractivity contribution in [1.29, 1.82) is 0 Å². The molecule has 0 aromatic heterocycles. The molecule has 0 aliphatic heterocycles. The van der Waals surface area contributed by atoms with Gasteiger partial charge in [0.05, 0.1) is 0 Å². The first-order chi connectivity index (χ1) is 27.8. The largest absolute Gasteiger partial charge is 0.483 e. The zero-order chi connectivity index (χ0) is 42.9. The molecule has 1 N–H and O–H groups in total. The van der Waals surface area contributed by atoms with Gasteiger partial charge >= 0.3 is 5.97 Å². The number of aldehydes is 1. The summed E-state index contributed by atoms with van der Waals surface area (Å²) in [5, 5.41) is 6.89. The van der Waals surface area contributed by atoms with Gasteiger partial charge in [0.25, 0.3) is 6.47 Å². The van der Waals surface area contributed by atoms with Crippen LogP contribution in [0.1, 0.15) is 252 Å². The van der Waals surface area contributed by atoms with Crippen LogP contribution in [0.15, 0.2) is 0 Å². The van der Waals surface area contributed by atoms with E-state index in [0.29, 0.717) is 6.42 Å². The van der Waals surface area contributed by atoms with Crippen molar-refractivity contribution in [3.8, 4) is 0 Å². The standard InChI is InChI=1S/C42H83NO3.C7H16O.CH2O2/c1-5-40(6-2)34-29-25-21-17-13-9-7-10-14-18-22-26-30-35-41(46-42(45)37-33-38-43(3)4)36-31-27-23-19-15-11-8-12-16-20-24-28-32-39-44;1-4-7(5-2)6-8-3;2-1-3/h39-41H,5-38H2,1-4H3;7H,4-6H2,1-3H3;1H,(H,2,3). The zero-order valence-corrected chi connectivity index (χ0v) is 39.5. The van der Waals surface area contributed by atoms with Crippen molar-refractivity contribution in [2.75, 3.05) is 34.4 Å². The van der Waals surface area contributed by atoms with Crippen molar-refractivity contribution >= 4 is 18.7 Å². The minimum Gasteiger partial charge on any atom is -0.483 e. The van der Waals surface area contributed by atoms with Crippen LogP contribution in [-0.2, 0) is 23.9 Å². The first kappa shape index (κ1) is 59.8. The highest BCUT2D eigenvalue weighted by Gasteiger charge is 2.14. The molecule has 0 saturated carbocycles. The van der Waals surface area contributed by atoms with Crippen LogP contribution in [0, 0.1) is 11.8 Å². The fraction of sp³-hybridized carbons (Fsp3) is 0.940. The van der Waals surface area contributed by atoms with Crippen molar-refractivity contribution in [3.63, 3.8) is 0 Å². The first-order valence-electron chi connectivity index (χ1n) is 24.6. The van der Waals surface area contributed by atoms with Gasteiger partial charge in [0.2, 0.25) is 0 Å². The van der Waals surface area contributed by atoms with Gasteiger partial charge in [0.1, 0.15) is 12.4 Å². The van der Waals surface area contributed by atoms with Crippen LogP contribution in [0.2, 0.25) is 0 Å². The van der Waals surface area contributed by atoms with Crippen LogP contribution < -0.4 is 0 Å². The Bertz CT molecular complexity index is 770. The molecule has 0 aromatic rings. The van der Waals surface area contributed by atoms with E-state index in [1.807, 2.05) is 0 Å². The van der Waals surface area contributed by atoms with Gasteiger partial charge in [0, 0.05) is 26.6 Å². The molecule has 1 atom stereocenters. The first-order valence-corrected chi connectivity index (χ1v) is 24.6. The highest BCUT2D eigenvalue weighted by atomic mass is 16.5. The second-order valence-electron chi connectivity index (χ2n) is 17.1. The fourth-order valence-corrected chi connectivity index (χ4v) is 7.62. The molecule has 0 aromatic carbocycles. The fourth-order valence-electron chi connectivity index (χ4n) is 7.62. The minimum absolute atomic E-state index is 0.0113. The summed E-state index contributed by atoms with van der Waals surface area (Å²) in [6, 6.07) is 0. The number of methoxy groups -OCH3 is 1. The van der Waals surface area contributed by atoms with E-state index in [9.17, 15) is 9.59 Å². The van der Waals surface area contributed by atoms with Gasteiger partial charge in [-0.25, -0.2) is 0 Å². The number of esters is 1. The summed E-state index contributed by atoms with van der Waals surface area (Å²) in [5.41, 5.74) is 0. The van der Waals surface area contributed by atoms with Crippen molar-refractivity contribution < 1.29 is 29.0 Å². The Morgan fingerprint density at radius 3 is 1.16 bits per heavy atom. The maximum Gasteiger partial charge on any atom is 0.306 e. The summed E-state index contributed by atoms with van der Waals surface area (Å²) in [6.45, 7) is 10.7. The summed E-state index contributed by atoms with van der Waals surface area (Å²) in [5.74, 6) is 1.76. The lowest BCUT2D eigenvalue weighted by Crippen LogP contribution is -2.20. The van der Waals surface area contributed by atoms with Crippen LogP contribution in [0.4, 0.5) is 0 Å². The molecule has 0 saturated heterocycles. The Hall–Kier alpha value is -1.47. The number of ether oxygens (including phenoxy) is 2. The smallest absolute Gasteiger partial charge is 0.306 e. The van der Waals surface area contributed by atoms with E-state index in [1.165, 1.54) is 186 Å². The lowest BCUT2D eigenvalue weighted by atomic mass is 9.95. The average Bonchev–Trinajstić information content (AvgIpc) is 3.20. The molecule has 342 valence electrons. The van der Waals surface area contributed by atoms with Crippen LogP contribution in [0.5, 0.6) is 0 Å². The molecular weight excluding hydrogens is 711 g/mol. The van der Waals surface area contributed by atoms with E-state index in [1.54, 1.807) is 7.11 Å². The third-order valence-corrected chi connectivity index (χ3v) is 11.7. The second-order valence-corrected chi connectivity index (χ2v) is 17.1. The predicted molar refractivity (Wildman–Crippen MR) is 246 cm³/mol. The van der Waals surface area contributed by atoms with Gasteiger partial charge < -0.3 is 24.3 Å². The quantitative estimate of drug-likeness (QED) is 0.0373. The molecule has 0 bridgehead atoms. The topological polar surface area (TPSA) is 93.1 Å². The summed E-state index contributed by atoms with van der Waals surface area (Å²) < 4.78 is 11.0. The lowest BCUT2D eigenvalue weighted by Gasteiger charge is -2.18. The average molecular weight is 812 g/mol. The van der Waals surface area contributed by atoms with Crippen molar-refractivity contribution in [2.45, 2.75) is 259 Å². The summed E-state index contributed by atoms with van der Waals surface area (Å²) in [7, 11) is 5.89. The highest BCUT2D eigenvalue weighted by Crippen LogP contribution is 2.20. The van der Waals surface area contributed by atoms with Gasteiger partial charge in [-0.15, -0.1) is 0 Å². The Morgan fingerprint density at radius 1 is 0.526 bits per heavy atom. The van der Waals surface area contributed by atoms with Crippen LogP contribution in [-0.4, -0.2) is 69.2 Å². The number of rotatable bonds is 42. The molecular formula is C50H101NO6. The maximum absolute atomic E-state index is 12.5. The van der Waals surface area contributed by atoms with Crippen molar-refractivity contribution in [2.24, 2.45) is 11.8 Å². The number of nitrogens with zero attached hydrogens (tertiary/aromatic N) is 1. The van der Waals surface area contributed by atoms with Gasteiger partial charge in [-0.3, -0.25) is 9.59 Å². The summed E-state index contributed by atoms with van der Waals surface area (Å²) in [6.07, 6.45) is 45.5. The number of hydrogen-bond donors (Lipinski definition) is 1. The van der Waals surface area contributed by atoms with Crippen LogP contribution in [0.3, 0.4) is 0 Å². The number of carbonyl (C=O) groups is 3. The molecule has 0 radical (unpaired) electrons. The summed E-state index contributed by atoms with van der Waals surface area (Å²) >= 11 is 0.